The molecular formula is C24H27N3O2S2. The second-order valence-corrected chi connectivity index (χ2v) is 10.0. The van der Waals surface area contributed by atoms with Crippen LogP contribution in [0.2, 0.25) is 0 Å². The number of hydrogen-bond donors (Lipinski definition) is 0. The zero-order valence-corrected chi connectivity index (χ0v) is 19.1. The molecule has 162 valence electrons. The zero-order chi connectivity index (χ0) is 21.0. The maximum Gasteiger partial charge on any atom is 0.273 e. The van der Waals surface area contributed by atoms with Gasteiger partial charge in [-0.15, -0.1) is 11.3 Å². The third-order valence-electron chi connectivity index (χ3n) is 6.36. The van der Waals surface area contributed by atoms with Crippen molar-refractivity contribution in [1.29, 1.82) is 0 Å². The largest absolute Gasteiger partial charge is 0.467 e. The summed E-state index contributed by atoms with van der Waals surface area (Å²) in [6.45, 7) is 3.81. The molecular weight excluding hydrogens is 426 g/mol. The number of ether oxygens (including phenoxy) is 1. The highest BCUT2D eigenvalue weighted by molar-refractivity contribution is 7.13. The Morgan fingerprint density at radius 2 is 1.71 bits per heavy atom. The number of piperidine rings is 2. The van der Waals surface area contributed by atoms with Crippen LogP contribution in [0, 0.1) is 0 Å². The van der Waals surface area contributed by atoms with Gasteiger partial charge in [0, 0.05) is 54.2 Å². The molecule has 0 N–H and O–H groups in total. The number of thiophene rings is 1. The minimum absolute atomic E-state index is 0.159. The summed E-state index contributed by atoms with van der Waals surface area (Å²) in [7, 11) is 0. The fraction of sp³-hybridized carbons (Fsp3) is 0.417. The van der Waals surface area contributed by atoms with Crippen molar-refractivity contribution < 1.29 is 9.53 Å². The quantitative estimate of drug-likeness (QED) is 0.544. The summed E-state index contributed by atoms with van der Waals surface area (Å²) in [6, 6.07) is 12.8. The molecule has 0 saturated carbocycles. The number of likely N-dealkylation sites (tertiary alicyclic amines) is 2. The van der Waals surface area contributed by atoms with Crippen LogP contribution in [-0.2, 0) is 0 Å². The maximum absolute atomic E-state index is 13.0. The Hall–Kier alpha value is -2.22. The van der Waals surface area contributed by atoms with Gasteiger partial charge in [0.25, 0.3) is 11.1 Å². The number of carbonyl (C=O) groups is 1. The van der Waals surface area contributed by atoms with Crippen LogP contribution in [0.5, 0.6) is 5.19 Å². The van der Waals surface area contributed by atoms with Gasteiger partial charge in [0.15, 0.2) is 0 Å². The standard InChI is InChI=1S/C24H27N3O2S2/c28-23(19-5-3-18(4-6-19)22-2-1-16-30-22)27-12-7-20(8-13-27)26-14-9-21(10-15-26)29-24-25-11-17-31-24/h1-6,11,16-17,20-21H,7-10,12-15H2. The molecule has 5 rings (SSSR count). The summed E-state index contributed by atoms with van der Waals surface area (Å²) in [6.07, 6.45) is 6.28. The van der Waals surface area contributed by atoms with Gasteiger partial charge >= 0.3 is 0 Å². The van der Waals surface area contributed by atoms with Crippen molar-refractivity contribution in [2.75, 3.05) is 26.2 Å². The molecule has 2 aromatic heterocycles. The zero-order valence-electron chi connectivity index (χ0n) is 17.5. The molecule has 0 atom stereocenters. The highest BCUT2D eigenvalue weighted by Gasteiger charge is 2.30. The third kappa shape index (κ3) is 4.84. The van der Waals surface area contributed by atoms with Crippen LogP contribution < -0.4 is 4.74 Å². The van der Waals surface area contributed by atoms with Crippen molar-refractivity contribution in [3.8, 4) is 15.6 Å². The summed E-state index contributed by atoms with van der Waals surface area (Å²) >= 11 is 3.28. The van der Waals surface area contributed by atoms with Crippen molar-refractivity contribution in [3.63, 3.8) is 0 Å². The van der Waals surface area contributed by atoms with Crippen LogP contribution in [0.15, 0.2) is 53.4 Å². The van der Waals surface area contributed by atoms with Crippen molar-refractivity contribution in [3.05, 3.63) is 58.9 Å². The first kappa shape index (κ1) is 20.7. The van der Waals surface area contributed by atoms with Gasteiger partial charge in [-0.3, -0.25) is 9.69 Å². The van der Waals surface area contributed by atoms with Crippen LogP contribution >= 0.6 is 22.7 Å². The third-order valence-corrected chi connectivity index (χ3v) is 7.94. The Morgan fingerprint density at radius 3 is 2.35 bits per heavy atom. The minimum Gasteiger partial charge on any atom is -0.467 e. The SMILES string of the molecule is O=C(c1ccc(-c2cccs2)cc1)N1CCC(N2CCC(Oc3nccs3)CC2)CC1. The lowest BCUT2D eigenvalue weighted by atomic mass is 9.98. The molecule has 2 aliphatic rings. The highest BCUT2D eigenvalue weighted by atomic mass is 32.1. The fourth-order valence-corrected chi connectivity index (χ4v) is 5.89. The molecule has 0 aliphatic carbocycles. The normalized spacial score (nSPS) is 18.9. The molecule has 1 amide bonds. The smallest absolute Gasteiger partial charge is 0.273 e. The summed E-state index contributed by atoms with van der Waals surface area (Å²) in [5, 5.41) is 4.82. The van der Waals surface area contributed by atoms with Gasteiger partial charge in [-0.1, -0.05) is 29.5 Å². The van der Waals surface area contributed by atoms with Crippen molar-refractivity contribution in [2.45, 2.75) is 37.8 Å². The van der Waals surface area contributed by atoms with E-state index >= 15 is 0 Å². The lowest BCUT2D eigenvalue weighted by molar-refractivity contribution is 0.0425. The highest BCUT2D eigenvalue weighted by Crippen LogP contribution is 2.27. The van der Waals surface area contributed by atoms with Gasteiger partial charge in [-0.25, -0.2) is 4.98 Å². The van der Waals surface area contributed by atoms with E-state index in [1.54, 1.807) is 28.9 Å². The minimum atomic E-state index is 0.159. The number of rotatable bonds is 5. The molecule has 7 heteroatoms. The topological polar surface area (TPSA) is 45.7 Å². The molecule has 3 aromatic rings. The first-order valence-electron chi connectivity index (χ1n) is 11.0. The predicted molar refractivity (Wildman–Crippen MR) is 126 cm³/mol. The number of thiazole rings is 1. The molecule has 0 radical (unpaired) electrons. The molecule has 4 heterocycles. The summed E-state index contributed by atoms with van der Waals surface area (Å²) in [5.74, 6) is 0.159. The van der Waals surface area contributed by atoms with Crippen LogP contribution in [0.1, 0.15) is 36.0 Å². The van der Waals surface area contributed by atoms with Gasteiger partial charge in [0.2, 0.25) is 0 Å². The predicted octanol–water partition coefficient (Wildman–Crippen LogP) is 5.02. The molecule has 31 heavy (non-hydrogen) atoms. The Balaban J connectivity index is 1.10. The second kappa shape index (κ2) is 9.51. The van der Waals surface area contributed by atoms with E-state index in [-0.39, 0.29) is 12.0 Å². The summed E-state index contributed by atoms with van der Waals surface area (Å²) in [5.41, 5.74) is 1.96. The van der Waals surface area contributed by atoms with E-state index in [0.717, 1.165) is 62.6 Å². The Morgan fingerprint density at radius 1 is 0.935 bits per heavy atom. The van der Waals surface area contributed by atoms with Gasteiger partial charge < -0.3 is 9.64 Å². The first-order valence-corrected chi connectivity index (χ1v) is 12.8. The number of amides is 1. The summed E-state index contributed by atoms with van der Waals surface area (Å²) in [4.78, 5) is 23.1. The van der Waals surface area contributed by atoms with Crippen LogP contribution in [0.25, 0.3) is 10.4 Å². The number of benzene rings is 1. The van der Waals surface area contributed by atoms with E-state index in [1.165, 1.54) is 10.4 Å². The molecule has 0 spiro atoms. The molecule has 0 unspecified atom stereocenters. The van der Waals surface area contributed by atoms with Crippen molar-refractivity contribution in [2.24, 2.45) is 0 Å². The fourth-order valence-electron chi connectivity index (χ4n) is 4.61. The van der Waals surface area contributed by atoms with Gasteiger partial charge in [0.1, 0.15) is 6.10 Å². The lowest BCUT2D eigenvalue weighted by Gasteiger charge is -2.41. The van der Waals surface area contributed by atoms with E-state index < -0.39 is 0 Å². The van der Waals surface area contributed by atoms with Crippen molar-refractivity contribution >= 4 is 28.6 Å². The molecule has 5 nitrogen and oxygen atoms in total. The molecule has 2 aliphatic heterocycles. The van der Waals surface area contributed by atoms with E-state index in [1.807, 2.05) is 22.4 Å². The van der Waals surface area contributed by atoms with Gasteiger partial charge in [-0.05, 0) is 54.8 Å². The van der Waals surface area contributed by atoms with E-state index in [9.17, 15) is 4.79 Å². The maximum atomic E-state index is 13.0. The summed E-state index contributed by atoms with van der Waals surface area (Å²) < 4.78 is 5.99. The number of aromatic nitrogens is 1. The molecule has 1 aromatic carbocycles. The lowest BCUT2D eigenvalue weighted by Crippen LogP contribution is -2.50. The average molecular weight is 454 g/mol. The van der Waals surface area contributed by atoms with Crippen LogP contribution in [0.3, 0.4) is 0 Å². The van der Waals surface area contributed by atoms with Gasteiger partial charge in [-0.2, -0.15) is 0 Å². The number of nitrogens with zero attached hydrogens (tertiary/aromatic N) is 3. The average Bonchev–Trinajstić information content (AvgIpc) is 3.54. The number of carbonyl (C=O) groups excluding carboxylic acids is 1. The monoisotopic (exact) mass is 453 g/mol. The van der Waals surface area contributed by atoms with Crippen LogP contribution in [-0.4, -0.2) is 59.0 Å². The molecule has 2 saturated heterocycles. The van der Waals surface area contributed by atoms with Crippen LogP contribution in [0.4, 0.5) is 0 Å². The Labute approximate surface area is 191 Å². The van der Waals surface area contributed by atoms with E-state index in [2.05, 4.69) is 39.5 Å². The number of hydrogen-bond acceptors (Lipinski definition) is 6. The Bertz CT molecular complexity index is 957. The molecule has 0 bridgehead atoms. The Kier molecular flexibility index (Phi) is 6.34. The second-order valence-electron chi connectivity index (χ2n) is 8.23. The van der Waals surface area contributed by atoms with E-state index in [4.69, 9.17) is 4.74 Å². The first-order chi connectivity index (χ1) is 15.3. The van der Waals surface area contributed by atoms with Gasteiger partial charge in [0.05, 0.1) is 0 Å². The van der Waals surface area contributed by atoms with E-state index in [0.29, 0.717) is 6.04 Å². The van der Waals surface area contributed by atoms with Crippen molar-refractivity contribution in [1.82, 2.24) is 14.8 Å². The molecule has 2 fully saturated rings.